The van der Waals surface area contributed by atoms with Gasteiger partial charge in [-0.1, -0.05) is 30.3 Å². The molecule has 1 atom stereocenters. The highest BCUT2D eigenvalue weighted by molar-refractivity contribution is 5.56. The molecule has 1 aliphatic heterocycles. The summed E-state index contributed by atoms with van der Waals surface area (Å²) >= 11 is 0. The Morgan fingerprint density at radius 2 is 2.06 bits per heavy atom. The first-order valence-electron chi connectivity index (χ1n) is 6.32. The molecule has 1 N–H and O–H groups in total. The van der Waals surface area contributed by atoms with Crippen LogP contribution < -0.4 is 10.1 Å². The molecule has 1 unspecified atom stereocenters. The lowest BCUT2D eigenvalue weighted by Crippen LogP contribution is -2.18. The number of methoxy groups -OCH3 is 1. The number of hydrogen-bond acceptors (Lipinski definition) is 2. The molecule has 0 aromatic heterocycles. The van der Waals surface area contributed by atoms with E-state index in [0.29, 0.717) is 6.04 Å². The van der Waals surface area contributed by atoms with Gasteiger partial charge in [-0.2, -0.15) is 0 Å². The van der Waals surface area contributed by atoms with Gasteiger partial charge in [0, 0.05) is 11.7 Å². The molecule has 0 aliphatic carbocycles. The molecule has 0 amide bonds. The Hall–Kier alpha value is -1.96. The van der Waals surface area contributed by atoms with Crippen LogP contribution in [-0.2, 0) is 12.8 Å². The molecule has 92 valence electrons. The molecule has 18 heavy (non-hydrogen) atoms. The first-order chi connectivity index (χ1) is 8.85. The van der Waals surface area contributed by atoms with E-state index in [-0.39, 0.29) is 0 Å². The first kappa shape index (κ1) is 11.1. The fraction of sp³-hybridized carbons (Fsp3) is 0.250. The minimum atomic E-state index is 0.495. The number of para-hydroxylation sites is 1. The van der Waals surface area contributed by atoms with Crippen molar-refractivity contribution in [1.82, 2.24) is 0 Å². The van der Waals surface area contributed by atoms with Crippen LogP contribution in [0.4, 0.5) is 5.69 Å². The molecule has 0 bridgehead atoms. The van der Waals surface area contributed by atoms with Crippen LogP contribution in [0.3, 0.4) is 0 Å². The summed E-state index contributed by atoms with van der Waals surface area (Å²) in [6.07, 6.45) is 2.14. The van der Waals surface area contributed by atoms with Gasteiger partial charge < -0.3 is 10.1 Å². The molecule has 1 heterocycles. The van der Waals surface area contributed by atoms with Crippen molar-refractivity contribution in [3.05, 3.63) is 59.7 Å². The molecule has 0 saturated heterocycles. The third kappa shape index (κ3) is 2.19. The minimum absolute atomic E-state index is 0.495. The molecule has 0 radical (unpaired) electrons. The van der Waals surface area contributed by atoms with Gasteiger partial charge in [0.2, 0.25) is 0 Å². The predicted octanol–water partition coefficient (Wildman–Crippen LogP) is 3.27. The Morgan fingerprint density at radius 1 is 1.17 bits per heavy atom. The lowest BCUT2D eigenvalue weighted by Gasteiger charge is -2.12. The summed E-state index contributed by atoms with van der Waals surface area (Å²) in [5.74, 6) is 0.933. The molecule has 0 fully saturated rings. The Balaban J connectivity index is 1.72. The predicted molar refractivity (Wildman–Crippen MR) is 74.3 cm³/mol. The van der Waals surface area contributed by atoms with E-state index in [1.54, 1.807) is 7.11 Å². The monoisotopic (exact) mass is 239 g/mol. The average molecular weight is 239 g/mol. The van der Waals surface area contributed by atoms with Crippen LogP contribution in [0.15, 0.2) is 48.5 Å². The molecule has 1 aliphatic rings. The van der Waals surface area contributed by atoms with Gasteiger partial charge in [-0.3, -0.25) is 0 Å². The Kier molecular flexibility index (Phi) is 2.93. The highest BCUT2D eigenvalue weighted by Gasteiger charge is 2.19. The van der Waals surface area contributed by atoms with Crippen LogP contribution >= 0.6 is 0 Å². The quantitative estimate of drug-likeness (QED) is 0.887. The highest BCUT2D eigenvalue weighted by Crippen LogP contribution is 2.27. The molecular weight excluding hydrogens is 222 g/mol. The third-order valence-electron chi connectivity index (χ3n) is 3.46. The number of hydrogen-bond donors (Lipinski definition) is 1. The second-order valence-corrected chi connectivity index (χ2v) is 4.76. The van der Waals surface area contributed by atoms with Gasteiger partial charge >= 0.3 is 0 Å². The van der Waals surface area contributed by atoms with Crippen molar-refractivity contribution in [2.24, 2.45) is 0 Å². The summed E-state index contributed by atoms with van der Waals surface area (Å²) in [4.78, 5) is 0. The fourth-order valence-electron chi connectivity index (χ4n) is 2.58. The van der Waals surface area contributed by atoms with Crippen molar-refractivity contribution < 1.29 is 4.74 Å². The number of anilines is 1. The van der Waals surface area contributed by atoms with E-state index in [2.05, 4.69) is 47.8 Å². The van der Waals surface area contributed by atoms with Gasteiger partial charge in [0.15, 0.2) is 0 Å². The Labute approximate surface area is 108 Å². The zero-order valence-corrected chi connectivity index (χ0v) is 10.5. The van der Waals surface area contributed by atoms with Crippen LogP contribution in [0.25, 0.3) is 0 Å². The number of nitrogens with one attached hydrogen (secondary N) is 1. The first-order valence-corrected chi connectivity index (χ1v) is 6.32. The average Bonchev–Trinajstić information content (AvgIpc) is 2.81. The second kappa shape index (κ2) is 4.73. The summed E-state index contributed by atoms with van der Waals surface area (Å²) in [5, 5.41) is 3.58. The van der Waals surface area contributed by atoms with Crippen LogP contribution in [0.1, 0.15) is 11.1 Å². The SMILES string of the molecule is COc1cccc(CC2Cc3ccccc3N2)c1. The summed E-state index contributed by atoms with van der Waals surface area (Å²) in [7, 11) is 1.71. The Bertz CT molecular complexity index is 525. The number of ether oxygens (including phenoxy) is 1. The van der Waals surface area contributed by atoms with Gasteiger partial charge in [-0.05, 0) is 42.2 Å². The highest BCUT2D eigenvalue weighted by atomic mass is 16.5. The lowest BCUT2D eigenvalue weighted by atomic mass is 10.0. The molecule has 2 aromatic rings. The maximum Gasteiger partial charge on any atom is 0.119 e. The van der Waals surface area contributed by atoms with Gasteiger partial charge in [0.25, 0.3) is 0 Å². The molecule has 0 spiro atoms. The molecule has 0 saturated carbocycles. The van der Waals surface area contributed by atoms with E-state index >= 15 is 0 Å². The van der Waals surface area contributed by atoms with E-state index < -0.39 is 0 Å². The smallest absolute Gasteiger partial charge is 0.119 e. The number of benzene rings is 2. The van der Waals surface area contributed by atoms with E-state index in [9.17, 15) is 0 Å². The minimum Gasteiger partial charge on any atom is -0.497 e. The van der Waals surface area contributed by atoms with Crippen molar-refractivity contribution in [3.8, 4) is 5.75 Å². The van der Waals surface area contributed by atoms with Crippen molar-refractivity contribution >= 4 is 5.69 Å². The summed E-state index contributed by atoms with van der Waals surface area (Å²) in [6, 6.07) is 17.4. The van der Waals surface area contributed by atoms with Crippen LogP contribution in [0.2, 0.25) is 0 Å². The van der Waals surface area contributed by atoms with E-state index in [1.807, 2.05) is 6.07 Å². The normalized spacial score (nSPS) is 17.1. The van der Waals surface area contributed by atoms with Gasteiger partial charge in [0.05, 0.1) is 7.11 Å². The zero-order chi connectivity index (χ0) is 12.4. The Morgan fingerprint density at radius 3 is 2.89 bits per heavy atom. The van der Waals surface area contributed by atoms with Crippen molar-refractivity contribution in [2.75, 3.05) is 12.4 Å². The number of rotatable bonds is 3. The second-order valence-electron chi connectivity index (χ2n) is 4.76. The summed E-state index contributed by atoms with van der Waals surface area (Å²) < 4.78 is 5.26. The van der Waals surface area contributed by atoms with Crippen molar-refractivity contribution in [2.45, 2.75) is 18.9 Å². The number of fused-ring (bicyclic) bond motifs is 1. The topological polar surface area (TPSA) is 21.3 Å². The summed E-state index contributed by atoms with van der Waals surface area (Å²) in [5.41, 5.74) is 4.02. The van der Waals surface area contributed by atoms with Crippen molar-refractivity contribution in [1.29, 1.82) is 0 Å². The van der Waals surface area contributed by atoms with Crippen LogP contribution in [-0.4, -0.2) is 13.2 Å². The van der Waals surface area contributed by atoms with Gasteiger partial charge in [0.1, 0.15) is 5.75 Å². The van der Waals surface area contributed by atoms with E-state index in [1.165, 1.54) is 16.8 Å². The molecule has 2 aromatic carbocycles. The van der Waals surface area contributed by atoms with E-state index in [0.717, 1.165) is 18.6 Å². The largest absolute Gasteiger partial charge is 0.497 e. The molecule has 2 nitrogen and oxygen atoms in total. The molecule has 3 rings (SSSR count). The van der Waals surface area contributed by atoms with Crippen LogP contribution in [0.5, 0.6) is 5.75 Å². The maximum atomic E-state index is 5.26. The third-order valence-corrected chi connectivity index (χ3v) is 3.46. The fourth-order valence-corrected chi connectivity index (χ4v) is 2.58. The summed E-state index contributed by atoms with van der Waals surface area (Å²) in [6.45, 7) is 0. The molecule has 2 heteroatoms. The van der Waals surface area contributed by atoms with Crippen molar-refractivity contribution in [3.63, 3.8) is 0 Å². The van der Waals surface area contributed by atoms with Gasteiger partial charge in [-0.25, -0.2) is 0 Å². The zero-order valence-electron chi connectivity index (χ0n) is 10.5. The van der Waals surface area contributed by atoms with Crippen LogP contribution in [0, 0.1) is 0 Å². The van der Waals surface area contributed by atoms with Gasteiger partial charge in [-0.15, -0.1) is 0 Å². The molecular formula is C16H17NO. The standard InChI is InChI=1S/C16H17NO/c1-18-15-7-4-5-12(10-15)9-14-11-13-6-2-3-8-16(13)17-14/h2-8,10,14,17H,9,11H2,1H3. The lowest BCUT2D eigenvalue weighted by molar-refractivity contribution is 0.414. The van der Waals surface area contributed by atoms with E-state index in [4.69, 9.17) is 4.74 Å². The maximum absolute atomic E-state index is 5.26.